The predicted octanol–water partition coefficient (Wildman–Crippen LogP) is 8.45. The molecule has 0 fully saturated rings. The maximum Gasteiger partial charge on any atom is 0.412 e. The highest BCUT2D eigenvalue weighted by molar-refractivity contribution is 6.31. The quantitative estimate of drug-likeness (QED) is 0.388. The number of Topliss-reactive ketones (excluding diaryl/α,β-unsaturated/α-hetero) is 1. The van der Waals surface area contributed by atoms with Crippen molar-refractivity contribution in [2.24, 2.45) is 5.92 Å². The fourth-order valence-electron chi connectivity index (χ4n) is 2.82. The van der Waals surface area contributed by atoms with Crippen molar-refractivity contribution in [2.45, 2.75) is 79.9 Å². The third-order valence-corrected chi connectivity index (χ3v) is 5.01. The van der Waals surface area contributed by atoms with E-state index >= 15 is 0 Å². The number of anilines is 2. The molecule has 0 radical (unpaired) electrons. The van der Waals surface area contributed by atoms with Gasteiger partial charge in [-0.15, -0.1) is 0 Å². The number of aryl methyl sites for hydroxylation is 1. The van der Waals surface area contributed by atoms with Crippen LogP contribution in [0.4, 0.5) is 21.0 Å². The molecule has 0 saturated heterocycles. The number of ether oxygens (including phenoxy) is 2. The van der Waals surface area contributed by atoms with E-state index in [1.54, 1.807) is 57.2 Å². The Morgan fingerprint density at radius 3 is 1.65 bits per heavy atom. The zero-order valence-corrected chi connectivity index (χ0v) is 24.6. The number of benzene rings is 2. The molecule has 0 aromatic heterocycles. The molecule has 2 aromatic carbocycles. The first kappa shape index (κ1) is 32.3. The zero-order valence-electron chi connectivity index (χ0n) is 23.0. The summed E-state index contributed by atoms with van der Waals surface area (Å²) in [6.07, 6.45) is -0.787. The van der Waals surface area contributed by atoms with E-state index in [2.05, 4.69) is 10.6 Å². The number of hydrogen-bond acceptors (Lipinski definition) is 5. The van der Waals surface area contributed by atoms with Gasteiger partial charge in [0.25, 0.3) is 0 Å². The molecular weight excluding hydrogens is 515 g/mol. The molecular formula is C28H38Cl2N2O5. The third kappa shape index (κ3) is 13.4. The minimum atomic E-state index is -0.579. The molecule has 0 unspecified atom stereocenters. The molecule has 37 heavy (non-hydrogen) atoms. The first-order valence-corrected chi connectivity index (χ1v) is 12.7. The summed E-state index contributed by atoms with van der Waals surface area (Å²) in [6, 6.07) is 10.3. The Kier molecular flexibility index (Phi) is 11.9. The van der Waals surface area contributed by atoms with Crippen LogP contribution in [-0.4, -0.2) is 29.2 Å². The molecule has 2 rings (SSSR count). The summed E-state index contributed by atoms with van der Waals surface area (Å²) in [5, 5.41) is 6.51. The molecule has 0 saturated carbocycles. The Bertz CT molecular complexity index is 1100. The average molecular weight is 554 g/mol. The molecule has 2 aromatic rings. The number of amides is 2. The number of rotatable bonds is 5. The monoisotopic (exact) mass is 552 g/mol. The van der Waals surface area contributed by atoms with Gasteiger partial charge in [0.2, 0.25) is 0 Å². The molecule has 0 heterocycles. The van der Waals surface area contributed by atoms with Gasteiger partial charge in [-0.3, -0.25) is 15.4 Å². The maximum atomic E-state index is 11.9. The van der Waals surface area contributed by atoms with Crippen molar-refractivity contribution in [1.82, 2.24) is 0 Å². The van der Waals surface area contributed by atoms with E-state index < -0.39 is 23.4 Å². The molecule has 7 nitrogen and oxygen atoms in total. The second-order valence-electron chi connectivity index (χ2n) is 10.8. The lowest BCUT2D eigenvalue weighted by molar-refractivity contribution is -0.121. The van der Waals surface area contributed by atoms with Gasteiger partial charge in [-0.2, -0.15) is 0 Å². The fourth-order valence-corrected chi connectivity index (χ4v) is 3.24. The molecule has 0 aliphatic heterocycles. The van der Waals surface area contributed by atoms with Crippen LogP contribution < -0.4 is 10.6 Å². The van der Waals surface area contributed by atoms with Gasteiger partial charge in [0.15, 0.2) is 0 Å². The minimum absolute atomic E-state index is 0.0710. The van der Waals surface area contributed by atoms with Crippen molar-refractivity contribution in [2.75, 3.05) is 10.6 Å². The van der Waals surface area contributed by atoms with Crippen LogP contribution in [0.1, 0.15) is 66.5 Å². The summed E-state index contributed by atoms with van der Waals surface area (Å²) in [7, 11) is 0. The van der Waals surface area contributed by atoms with Gasteiger partial charge in [-0.1, -0.05) is 37.0 Å². The highest BCUT2D eigenvalue weighted by atomic mass is 35.5. The molecule has 204 valence electrons. The Hall–Kier alpha value is -2.77. The largest absolute Gasteiger partial charge is 0.444 e. The van der Waals surface area contributed by atoms with E-state index in [0.717, 1.165) is 5.56 Å². The van der Waals surface area contributed by atoms with Crippen LogP contribution in [-0.2, 0) is 20.7 Å². The summed E-state index contributed by atoms with van der Waals surface area (Å²) >= 11 is 11.8. The Morgan fingerprint density at radius 1 is 0.784 bits per heavy atom. The number of halogens is 2. The van der Waals surface area contributed by atoms with Crippen molar-refractivity contribution in [3.05, 3.63) is 57.6 Å². The van der Waals surface area contributed by atoms with E-state index in [0.29, 0.717) is 27.0 Å². The Balaban J connectivity index is 0.000000384. The smallest absolute Gasteiger partial charge is 0.412 e. The first-order chi connectivity index (χ1) is 16.9. The lowest BCUT2D eigenvalue weighted by Crippen LogP contribution is -2.27. The summed E-state index contributed by atoms with van der Waals surface area (Å²) in [5.74, 6) is 0.0165. The maximum absolute atomic E-state index is 11.9. The normalized spacial score (nSPS) is 11.2. The second kappa shape index (κ2) is 13.7. The molecule has 9 heteroatoms. The standard InChI is InChI=1S/C16H22ClNO3.C12H16ClNO2/c1-10(2)14(19)9-11-8-12(17)6-7-13(11)18-15(20)21-16(3,4)5;1-8-7-9(13)5-6-10(8)14-11(15)16-12(2,3)4/h6-8,10H,9H2,1-5H3,(H,18,20);5-7H,1-4H3,(H,14,15). The van der Waals surface area contributed by atoms with Crippen molar-refractivity contribution in [1.29, 1.82) is 0 Å². The van der Waals surface area contributed by atoms with Crippen LogP contribution in [0.25, 0.3) is 0 Å². The SMILES string of the molecule is CC(C)C(=O)Cc1cc(Cl)ccc1NC(=O)OC(C)(C)C.Cc1cc(Cl)ccc1NC(=O)OC(C)(C)C. The number of carbonyl (C=O) groups excluding carboxylic acids is 3. The van der Waals surface area contributed by atoms with Gasteiger partial charge in [0, 0.05) is 33.8 Å². The number of hydrogen-bond donors (Lipinski definition) is 2. The molecule has 0 spiro atoms. The Morgan fingerprint density at radius 2 is 1.22 bits per heavy atom. The molecule has 0 aliphatic rings. The first-order valence-electron chi connectivity index (χ1n) is 11.9. The van der Waals surface area contributed by atoms with Gasteiger partial charge in [-0.25, -0.2) is 9.59 Å². The number of carbonyl (C=O) groups is 3. The summed E-state index contributed by atoms with van der Waals surface area (Å²) in [4.78, 5) is 35.2. The minimum Gasteiger partial charge on any atom is -0.444 e. The summed E-state index contributed by atoms with van der Waals surface area (Å²) < 4.78 is 10.4. The van der Waals surface area contributed by atoms with Crippen molar-refractivity contribution >= 4 is 52.5 Å². The van der Waals surface area contributed by atoms with Crippen molar-refractivity contribution < 1.29 is 23.9 Å². The van der Waals surface area contributed by atoms with E-state index in [1.165, 1.54) is 0 Å². The summed E-state index contributed by atoms with van der Waals surface area (Å²) in [6.45, 7) is 16.4. The van der Waals surface area contributed by atoms with Gasteiger partial charge >= 0.3 is 12.2 Å². The van der Waals surface area contributed by atoms with Crippen LogP contribution in [0.2, 0.25) is 10.0 Å². The average Bonchev–Trinajstić information content (AvgIpc) is 2.70. The molecule has 0 aliphatic carbocycles. The lowest BCUT2D eigenvalue weighted by atomic mass is 10.00. The van der Waals surface area contributed by atoms with Gasteiger partial charge < -0.3 is 9.47 Å². The molecule has 2 N–H and O–H groups in total. The van der Waals surface area contributed by atoms with Gasteiger partial charge in [-0.05, 0) is 96.0 Å². The summed E-state index contributed by atoms with van der Waals surface area (Å²) in [5.41, 5.74) is 1.76. The molecule has 0 bridgehead atoms. The van der Waals surface area contributed by atoms with Crippen LogP contribution in [0.3, 0.4) is 0 Å². The molecule has 0 atom stereocenters. The van der Waals surface area contributed by atoms with Crippen LogP contribution in [0, 0.1) is 12.8 Å². The van der Waals surface area contributed by atoms with Crippen molar-refractivity contribution in [3.8, 4) is 0 Å². The second-order valence-corrected chi connectivity index (χ2v) is 11.7. The van der Waals surface area contributed by atoms with E-state index in [4.69, 9.17) is 32.7 Å². The topological polar surface area (TPSA) is 93.7 Å². The number of nitrogens with one attached hydrogen (secondary N) is 2. The van der Waals surface area contributed by atoms with Gasteiger partial charge in [0.1, 0.15) is 17.0 Å². The predicted molar refractivity (Wildman–Crippen MR) is 151 cm³/mol. The zero-order chi connectivity index (χ0) is 28.6. The highest BCUT2D eigenvalue weighted by Gasteiger charge is 2.19. The van der Waals surface area contributed by atoms with E-state index in [-0.39, 0.29) is 18.1 Å². The van der Waals surface area contributed by atoms with Crippen LogP contribution in [0.5, 0.6) is 0 Å². The van der Waals surface area contributed by atoms with Crippen LogP contribution in [0.15, 0.2) is 36.4 Å². The van der Waals surface area contributed by atoms with Gasteiger partial charge in [0.05, 0.1) is 0 Å². The van der Waals surface area contributed by atoms with E-state index in [9.17, 15) is 14.4 Å². The molecule has 2 amide bonds. The lowest BCUT2D eigenvalue weighted by Gasteiger charge is -2.20. The Labute approximate surface area is 230 Å². The van der Waals surface area contributed by atoms with Crippen LogP contribution >= 0.6 is 23.2 Å². The third-order valence-electron chi connectivity index (χ3n) is 4.54. The number of ketones is 1. The highest BCUT2D eigenvalue weighted by Crippen LogP contribution is 2.23. The van der Waals surface area contributed by atoms with E-state index in [1.807, 2.05) is 41.5 Å². The fraction of sp³-hybridized carbons (Fsp3) is 0.464. The van der Waals surface area contributed by atoms with Crippen molar-refractivity contribution in [3.63, 3.8) is 0 Å².